The molecule has 0 unspecified atom stereocenters. The average molecular weight is 198 g/mol. The van der Waals surface area contributed by atoms with Crippen LogP contribution in [0.15, 0.2) is 49.2 Å². The van der Waals surface area contributed by atoms with E-state index in [-0.39, 0.29) is 5.91 Å². The van der Waals surface area contributed by atoms with Crippen molar-refractivity contribution in [2.75, 3.05) is 5.32 Å². The lowest BCUT2D eigenvalue weighted by Crippen LogP contribution is -2.07. The fourth-order valence-corrected chi connectivity index (χ4v) is 1.39. The number of pyridine rings is 1. The van der Waals surface area contributed by atoms with Crippen LogP contribution in [-0.4, -0.2) is 10.9 Å². The zero-order valence-electron chi connectivity index (χ0n) is 8.10. The second kappa shape index (κ2) is 3.92. The molecule has 1 heterocycles. The molecule has 3 heteroatoms. The fourth-order valence-electron chi connectivity index (χ4n) is 1.39. The Bertz CT molecular complexity index is 515. The van der Waals surface area contributed by atoms with Crippen LogP contribution in [0.2, 0.25) is 0 Å². The third-order valence-electron chi connectivity index (χ3n) is 2.08. The number of para-hydroxylation sites is 1. The van der Waals surface area contributed by atoms with Crippen molar-refractivity contribution in [3.05, 3.63) is 49.2 Å². The summed E-state index contributed by atoms with van der Waals surface area (Å²) < 4.78 is 0. The standard InChI is InChI=1S/C12H10N2O/c1-2-11(15)14-10-7-3-5-9-6-4-8-13-12(9)10/h2-8H,1H2,(H,14,15). The highest BCUT2D eigenvalue weighted by Crippen LogP contribution is 2.20. The fraction of sp³-hybridized carbons (Fsp3) is 0. The van der Waals surface area contributed by atoms with Gasteiger partial charge < -0.3 is 5.32 Å². The summed E-state index contributed by atoms with van der Waals surface area (Å²) in [5.74, 6) is -0.229. The van der Waals surface area contributed by atoms with Crippen LogP contribution in [0, 0.1) is 0 Å². The smallest absolute Gasteiger partial charge is 0.247 e. The van der Waals surface area contributed by atoms with Crippen LogP contribution in [-0.2, 0) is 4.79 Å². The number of rotatable bonds is 2. The van der Waals surface area contributed by atoms with Crippen LogP contribution in [0.25, 0.3) is 10.9 Å². The molecule has 0 aliphatic rings. The van der Waals surface area contributed by atoms with Crippen molar-refractivity contribution >= 4 is 22.5 Å². The van der Waals surface area contributed by atoms with Crippen molar-refractivity contribution in [2.24, 2.45) is 0 Å². The Morgan fingerprint density at radius 1 is 1.33 bits per heavy atom. The van der Waals surface area contributed by atoms with Gasteiger partial charge in [-0.25, -0.2) is 0 Å². The molecule has 1 N–H and O–H groups in total. The monoisotopic (exact) mass is 198 g/mol. The maximum atomic E-state index is 11.2. The van der Waals surface area contributed by atoms with E-state index in [0.717, 1.165) is 10.9 Å². The van der Waals surface area contributed by atoms with Gasteiger partial charge in [0.15, 0.2) is 0 Å². The Balaban J connectivity index is 2.51. The summed E-state index contributed by atoms with van der Waals surface area (Å²) in [5.41, 5.74) is 1.49. The zero-order chi connectivity index (χ0) is 10.7. The zero-order valence-corrected chi connectivity index (χ0v) is 8.10. The number of hydrogen-bond acceptors (Lipinski definition) is 2. The number of hydrogen-bond donors (Lipinski definition) is 1. The molecule has 74 valence electrons. The molecule has 0 aliphatic carbocycles. The highest BCUT2D eigenvalue weighted by atomic mass is 16.1. The highest BCUT2D eigenvalue weighted by Gasteiger charge is 2.02. The lowest BCUT2D eigenvalue weighted by Gasteiger charge is -2.05. The van der Waals surface area contributed by atoms with Crippen molar-refractivity contribution in [3.8, 4) is 0 Å². The summed E-state index contributed by atoms with van der Waals surface area (Å²) >= 11 is 0. The summed E-state index contributed by atoms with van der Waals surface area (Å²) in [7, 11) is 0. The van der Waals surface area contributed by atoms with E-state index in [1.54, 1.807) is 6.20 Å². The van der Waals surface area contributed by atoms with E-state index in [1.165, 1.54) is 6.08 Å². The first kappa shape index (κ1) is 9.40. The molecular formula is C12H10N2O. The minimum atomic E-state index is -0.229. The Morgan fingerprint density at radius 2 is 2.13 bits per heavy atom. The van der Waals surface area contributed by atoms with Crippen LogP contribution in [0.5, 0.6) is 0 Å². The molecule has 1 aromatic heterocycles. The molecule has 0 saturated carbocycles. The summed E-state index contributed by atoms with van der Waals surface area (Å²) in [6, 6.07) is 9.46. The first-order valence-electron chi connectivity index (χ1n) is 4.58. The van der Waals surface area contributed by atoms with Gasteiger partial charge in [0.05, 0.1) is 11.2 Å². The Morgan fingerprint density at radius 3 is 2.93 bits per heavy atom. The quantitative estimate of drug-likeness (QED) is 0.752. The number of carbonyl (C=O) groups is 1. The van der Waals surface area contributed by atoms with Gasteiger partial charge in [-0.2, -0.15) is 0 Å². The maximum Gasteiger partial charge on any atom is 0.247 e. The molecule has 3 nitrogen and oxygen atoms in total. The molecule has 0 saturated heterocycles. The van der Waals surface area contributed by atoms with Gasteiger partial charge in [-0.3, -0.25) is 9.78 Å². The molecule has 15 heavy (non-hydrogen) atoms. The molecule has 2 rings (SSSR count). The van der Waals surface area contributed by atoms with Gasteiger partial charge in [-0.15, -0.1) is 0 Å². The summed E-state index contributed by atoms with van der Waals surface area (Å²) in [6.07, 6.45) is 2.94. The van der Waals surface area contributed by atoms with E-state index >= 15 is 0 Å². The normalized spacial score (nSPS) is 9.87. The lowest BCUT2D eigenvalue weighted by atomic mass is 10.2. The molecule has 0 atom stereocenters. The third kappa shape index (κ3) is 1.86. The van der Waals surface area contributed by atoms with E-state index in [1.807, 2.05) is 30.3 Å². The van der Waals surface area contributed by atoms with Crippen molar-refractivity contribution in [2.45, 2.75) is 0 Å². The Labute approximate surface area is 87.4 Å². The first-order chi connectivity index (χ1) is 7.31. The number of fused-ring (bicyclic) bond motifs is 1. The molecule has 1 amide bonds. The largest absolute Gasteiger partial charge is 0.321 e. The molecule has 0 fully saturated rings. The molecule has 0 spiro atoms. The van der Waals surface area contributed by atoms with E-state index < -0.39 is 0 Å². The van der Waals surface area contributed by atoms with Crippen molar-refractivity contribution in [3.63, 3.8) is 0 Å². The molecule has 0 aliphatic heterocycles. The van der Waals surface area contributed by atoms with Gasteiger partial charge in [-0.1, -0.05) is 24.8 Å². The van der Waals surface area contributed by atoms with Gasteiger partial charge in [0.1, 0.15) is 0 Å². The summed E-state index contributed by atoms with van der Waals surface area (Å²) in [4.78, 5) is 15.4. The topological polar surface area (TPSA) is 42.0 Å². The Kier molecular flexibility index (Phi) is 2.46. The minimum Gasteiger partial charge on any atom is -0.321 e. The molecule has 0 bridgehead atoms. The SMILES string of the molecule is C=CC(=O)Nc1cccc2cccnc12. The van der Waals surface area contributed by atoms with E-state index in [9.17, 15) is 4.79 Å². The van der Waals surface area contributed by atoms with Crippen molar-refractivity contribution in [1.82, 2.24) is 4.98 Å². The lowest BCUT2D eigenvalue weighted by molar-refractivity contribution is -0.111. The number of aromatic nitrogens is 1. The molecule has 2 aromatic rings. The van der Waals surface area contributed by atoms with Crippen LogP contribution >= 0.6 is 0 Å². The molecule has 0 radical (unpaired) electrons. The predicted octanol–water partition coefficient (Wildman–Crippen LogP) is 2.36. The van der Waals surface area contributed by atoms with Gasteiger partial charge >= 0.3 is 0 Å². The summed E-state index contributed by atoms with van der Waals surface area (Å²) in [5, 5.41) is 3.71. The van der Waals surface area contributed by atoms with Crippen LogP contribution in [0.3, 0.4) is 0 Å². The number of carbonyl (C=O) groups excluding carboxylic acids is 1. The van der Waals surface area contributed by atoms with Gasteiger partial charge in [0.2, 0.25) is 5.91 Å². The minimum absolute atomic E-state index is 0.229. The summed E-state index contributed by atoms with van der Waals surface area (Å²) in [6.45, 7) is 3.40. The van der Waals surface area contributed by atoms with Crippen molar-refractivity contribution < 1.29 is 4.79 Å². The number of nitrogens with zero attached hydrogens (tertiary/aromatic N) is 1. The second-order valence-electron chi connectivity index (χ2n) is 3.07. The predicted molar refractivity (Wildman–Crippen MR) is 60.6 cm³/mol. The molecule has 1 aromatic carbocycles. The number of anilines is 1. The van der Waals surface area contributed by atoms with Crippen LogP contribution in [0.1, 0.15) is 0 Å². The second-order valence-corrected chi connectivity index (χ2v) is 3.07. The van der Waals surface area contributed by atoms with Crippen molar-refractivity contribution in [1.29, 1.82) is 0 Å². The van der Waals surface area contributed by atoms with E-state index in [2.05, 4.69) is 16.9 Å². The number of benzene rings is 1. The van der Waals surface area contributed by atoms with Gasteiger partial charge in [0, 0.05) is 11.6 Å². The van der Waals surface area contributed by atoms with Crippen LogP contribution < -0.4 is 5.32 Å². The number of nitrogens with one attached hydrogen (secondary N) is 1. The van der Waals surface area contributed by atoms with Crippen LogP contribution in [0.4, 0.5) is 5.69 Å². The Hall–Kier alpha value is -2.16. The van der Waals surface area contributed by atoms with Gasteiger partial charge in [0.25, 0.3) is 0 Å². The third-order valence-corrected chi connectivity index (χ3v) is 2.08. The molecular weight excluding hydrogens is 188 g/mol. The number of amides is 1. The highest BCUT2D eigenvalue weighted by molar-refractivity contribution is 6.04. The maximum absolute atomic E-state index is 11.2. The average Bonchev–Trinajstić information content (AvgIpc) is 2.29. The van der Waals surface area contributed by atoms with Gasteiger partial charge in [-0.05, 0) is 18.2 Å². The first-order valence-corrected chi connectivity index (χ1v) is 4.58. The van der Waals surface area contributed by atoms with E-state index in [4.69, 9.17) is 0 Å². The van der Waals surface area contributed by atoms with E-state index in [0.29, 0.717) is 5.69 Å².